The van der Waals surface area contributed by atoms with Crippen LogP contribution in [0.4, 0.5) is 5.95 Å². The minimum absolute atomic E-state index is 0.563. The second-order valence-electron chi connectivity index (χ2n) is 5.58. The van der Waals surface area contributed by atoms with E-state index in [9.17, 15) is 0 Å². The van der Waals surface area contributed by atoms with Crippen LogP contribution < -0.4 is 10.6 Å². The fraction of sp³-hybridized carbons (Fsp3) is 0.467. The summed E-state index contributed by atoms with van der Waals surface area (Å²) in [5.74, 6) is 1.36. The van der Waals surface area contributed by atoms with Crippen molar-refractivity contribution in [1.82, 2.24) is 24.6 Å². The average Bonchev–Trinajstić information content (AvgIpc) is 2.92. The molecule has 3 heterocycles. The van der Waals surface area contributed by atoms with Crippen LogP contribution in [0.25, 0.3) is 0 Å². The van der Waals surface area contributed by atoms with Gasteiger partial charge in [0.15, 0.2) is 5.96 Å². The molecular weight excluding hydrogens is 292 g/mol. The summed E-state index contributed by atoms with van der Waals surface area (Å²) in [4.78, 5) is 17.3. The smallest absolute Gasteiger partial charge is 0.225 e. The van der Waals surface area contributed by atoms with Gasteiger partial charge in [0.2, 0.25) is 5.95 Å². The highest BCUT2D eigenvalue weighted by atomic mass is 15.4. The molecule has 0 atom stereocenters. The van der Waals surface area contributed by atoms with Gasteiger partial charge in [-0.25, -0.2) is 15.0 Å². The molecule has 1 aliphatic heterocycles. The Hall–Kier alpha value is -2.64. The van der Waals surface area contributed by atoms with Crippen LogP contribution in [0.3, 0.4) is 0 Å². The fourth-order valence-corrected chi connectivity index (χ4v) is 2.56. The number of piperazine rings is 1. The molecule has 0 radical (unpaired) electrons. The SMILES string of the molecule is Cc1c(CN=C(N)N2CCN(c3ncccn3)CC2)cnn1C. The highest BCUT2D eigenvalue weighted by Gasteiger charge is 2.19. The normalized spacial score (nSPS) is 16.0. The summed E-state index contributed by atoms with van der Waals surface area (Å²) in [7, 11) is 1.93. The molecule has 0 aromatic carbocycles. The van der Waals surface area contributed by atoms with Crippen LogP contribution in [0.1, 0.15) is 11.3 Å². The van der Waals surface area contributed by atoms with E-state index >= 15 is 0 Å². The first-order chi connectivity index (χ1) is 11.1. The van der Waals surface area contributed by atoms with Crippen LogP contribution in [0.15, 0.2) is 29.6 Å². The number of hydrogen-bond acceptors (Lipinski definition) is 5. The largest absolute Gasteiger partial charge is 0.370 e. The lowest BCUT2D eigenvalue weighted by Crippen LogP contribution is -2.51. The second-order valence-corrected chi connectivity index (χ2v) is 5.58. The lowest BCUT2D eigenvalue weighted by molar-refractivity contribution is 0.378. The summed E-state index contributed by atoms with van der Waals surface area (Å²) in [5, 5.41) is 4.22. The molecule has 0 aliphatic carbocycles. The highest BCUT2D eigenvalue weighted by molar-refractivity contribution is 5.78. The molecule has 0 unspecified atom stereocenters. The molecule has 3 rings (SSSR count). The topological polar surface area (TPSA) is 88.5 Å². The predicted molar refractivity (Wildman–Crippen MR) is 89.1 cm³/mol. The lowest BCUT2D eigenvalue weighted by Gasteiger charge is -2.35. The van der Waals surface area contributed by atoms with E-state index in [1.807, 2.05) is 30.9 Å². The Balaban J connectivity index is 1.56. The monoisotopic (exact) mass is 314 g/mol. The van der Waals surface area contributed by atoms with E-state index in [2.05, 4.69) is 29.9 Å². The summed E-state index contributed by atoms with van der Waals surface area (Å²) in [5.41, 5.74) is 8.36. The Kier molecular flexibility index (Phi) is 4.40. The van der Waals surface area contributed by atoms with Crippen LogP contribution in [0.2, 0.25) is 0 Å². The number of aliphatic imine (C=N–C) groups is 1. The number of hydrogen-bond donors (Lipinski definition) is 1. The van der Waals surface area contributed by atoms with Crippen molar-refractivity contribution in [1.29, 1.82) is 0 Å². The van der Waals surface area contributed by atoms with Gasteiger partial charge in [-0.05, 0) is 13.0 Å². The summed E-state index contributed by atoms with van der Waals surface area (Å²) in [6.07, 6.45) is 5.37. The predicted octanol–water partition coefficient (Wildman–Crippen LogP) is 0.155. The van der Waals surface area contributed by atoms with Gasteiger partial charge in [-0.2, -0.15) is 5.10 Å². The zero-order valence-electron chi connectivity index (χ0n) is 13.6. The molecule has 0 saturated carbocycles. The number of aromatic nitrogens is 4. The first-order valence-electron chi connectivity index (χ1n) is 7.69. The molecule has 0 spiro atoms. The minimum Gasteiger partial charge on any atom is -0.370 e. The number of nitrogens with two attached hydrogens (primary N) is 1. The van der Waals surface area contributed by atoms with E-state index in [-0.39, 0.29) is 0 Å². The molecule has 8 heteroatoms. The van der Waals surface area contributed by atoms with Gasteiger partial charge in [0.25, 0.3) is 0 Å². The number of nitrogens with zero attached hydrogens (tertiary/aromatic N) is 7. The molecule has 2 aromatic heterocycles. The Morgan fingerprint density at radius 1 is 1.22 bits per heavy atom. The number of aryl methyl sites for hydroxylation is 1. The van der Waals surface area contributed by atoms with Gasteiger partial charge in [-0.1, -0.05) is 0 Å². The van der Waals surface area contributed by atoms with Gasteiger partial charge in [-0.15, -0.1) is 0 Å². The Morgan fingerprint density at radius 3 is 2.52 bits per heavy atom. The van der Waals surface area contributed by atoms with Crippen LogP contribution in [-0.4, -0.2) is 56.8 Å². The lowest BCUT2D eigenvalue weighted by atomic mass is 10.3. The zero-order chi connectivity index (χ0) is 16.2. The van der Waals surface area contributed by atoms with Crippen molar-refractivity contribution in [3.05, 3.63) is 35.9 Å². The van der Waals surface area contributed by atoms with Crippen molar-refractivity contribution in [2.45, 2.75) is 13.5 Å². The van der Waals surface area contributed by atoms with Crippen molar-refractivity contribution in [2.75, 3.05) is 31.1 Å². The van der Waals surface area contributed by atoms with E-state index in [0.29, 0.717) is 12.5 Å². The minimum atomic E-state index is 0.563. The average molecular weight is 314 g/mol. The third-order valence-electron chi connectivity index (χ3n) is 4.19. The molecule has 23 heavy (non-hydrogen) atoms. The van der Waals surface area contributed by atoms with Crippen molar-refractivity contribution >= 4 is 11.9 Å². The Labute approximate surface area is 135 Å². The molecular formula is C15H22N8. The molecule has 2 aromatic rings. The maximum absolute atomic E-state index is 6.14. The standard InChI is InChI=1S/C15H22N8/c1-12-13(11-20-21(12)2)10-19-14(16)22-6-8-23(9-7-22)15-17-4-3-5-18-15/h3-5,11H,6-10H2,1-2H3,(H2,16,19). The molecule has 0 amide bonds. The summed E-state index contributed by atoms with van der Waals surface area (Å²) < 4.78 is 1.85. The first kappa shape index (κ1) is 15.3. The van der Waals surface area contributed by atoms with Gasteiger partial charge < -0.3 is 15.5 Å². The maximum atomic E-state index is 6.14. The van der Waals surface area contributed by atoms with Gasteiger partial charge in [-0.3, -0.25) is 4.68 Å². The second kappa shape index (κ2) is 6.64. The summed E-state index contributed by atoms with van der Waals surface area (Å²) in [6.45, 7) is 5.91. The van der Waals surface area contributed by atoms with Gasteiger partial charge in [0.1, 0.15) is 0 Å². The van der Waals surface area contributed by atoms with Crippen LogP contribution in [-0.2, 0) is 13.6 Å². The van der Waals surface area contributed by atoms with Gasteiger partial charge in [0.05, 0.1) is 12.7 Å². The number of guanidine groups is 1. The van der Waals surface area contributed by atoms with E-state index < -0.39 is 0 Å². The Bertz CT molecular complexity index is 670. The highest BCUT2D eigenvalue weighted by Crippen LogP contribution is 2.10. The Morgan fingerprint density at radius 2 is 1.91 bits per heavy atom. The molecule has 2 N–H and O–H groups in total. The molecule has 0 bridgehead atoms. The van der Waals surface area contributed by atoms with E-state index in [1.165, 1.54) is 0 Å². The van der Waals surface area contributed by atoms with Crippen molar-refractivity contribution in [3.8, 4) is 0 Å². The molecule has 1 aliphatic rings. The summed E-state index contributed by atoms with van der Waals surface area (Å²) >= 11 is 0. The zero-order valence-corrected chi connectivity index (χ0v) is 13.6. The molecule has 1 fully saturated rings. The first-order valence-corrected chi connectivity index (χ1v) is 7.69. The van der Waals surface area contributed by atoms with Gasteiger partial charge >= 0.3 is 0 Å². The number of rotatable bonds is 3. The third-order valence-corrected chi connectivity index (χ3v) is 4.19. The number of anilines is 1. The quantitative estimate of drug-likeness (QED) is 0.641. The van der Waals surface area contributed by atoms with Gasteiger partial charge in [0, 0.05) is 56.9 Å². The molecule has 122 valence electrons. The molecule has 8 nitrogen and oxygen atoms in total. The van der Waals surface area contributed by atoms with E-state index in [0.717, 1.165) is 43.4 Å². The summed E-state index contributed by atoms with van der Waals surface area (Å²) in [6, 6.07) is 1.82. The van der Waals surface area contributed by atoms with Crippen LogP contribution in [0.5, 0.6) is 0 Å². The third kappa shape index (κ3) is 3.41. The maximum Gasteiger partial charge on any atom is 0.225 e. The van der Waals surface area contributed by atoms with Crippen LogP contribution in [0, 0.1) is 6.92 Å². The van der Waals surface area contributed by atoms with E-state index in [4.69, 9.17) is 5.73 Å². The van der Waals surface area contributed by atoms with Crippen molar-refractivity contribution < 1.29 is 0 Å². The van der Waals surface area contributed by atoms with Crippen molar-refractivity contribution in [3.63, 3.8) is 0 Å². The van der Waals surface area contributed by atoms with E-state index in [1.54, 1.807) is 12.4 Å². The molecule has 1 saturated heterocycles. The van der Waals surface area contributed by atoms with Crippen LogP contribution >= 0.6 is 0 Å². The fourth-order valence-electron chi connectivity index (χ4n) is 2.56. The van der Waals surface area contributed by atoms with Crippen molar-refractivity contribution in [2.24, 2.45) is 17.8 Å².